The Labute approximate surface area is 172 Å². The summed E-state index contributed by atoms with van der Waals surface area (Å²) in [4.78, 5) is 33.7. The lowest BCUT2D eigenvalue weighted by Crippen LogP contribution is -2.17. The van der Waals surface area contributed by atoms with Gasteiger partial charge in [0, 0.05) is 23.3 Å². The third-order valence-electron chi connectivity index (χ3n) is 4.43. The molecule has 0 saturated carbocycles. The van der Waals surface area contributed by atoms with Crippen LogP contribution in [-0.2, 0) is 0 Å². The van der Waals surface area contributed by atoms with Crippen molar-refractivity contribution >= 4 is 34.1 Å². The van der Waals surface area contributed by atoms with Crippen LogP contribution in [0.25, 0.3) is 10.9 Å². The normalized spacial score (nSPS) is 10.2. The largest absolute Gasteiger partial charge is 0.321 e. The summed E-state index contributed by atoms with van der Waals surface area (Å²) in [5.74, 6) is -0.902. The number of aromatic nitrogens is 2. The lowest BCUT2D eigenvalue weighted by molar-refractivity contribution is 0.102. The second-order valence-electron chi connectivity index (χ2n) is 6.38. The molecular weight excluding hydrogens is 378 g/mol. The van der Waals surface area contributed by atoms with Crippen molar-refractivity contribution in [3.63, 3.8) is 0 Å². The molecule has 0 saturated heterocycles. The minimum atomic E-state index is -0.458. The fourth-order valence-electron chi connectivity index (χ4n) is 2.97. The molecule has 144 valence electrons. The molecule has 4 aromatic rings. The van der Waals surface area contributed by atoms with E-state index in [9.17, 15) is 9.59 Å². The number of nitrogens with one attached hydrogen (secondary N) is 2. The smallest absolute Gasteiger partial charge is 0.274 e. The van der Waals surface area contributed by atoms with Crippen molar-refractivity contribution in [1.82, 2.24) is 9.97 Å². The standard InChI is InChI=1S/C23H15N5O2/c24-14-17-5-1-2-8-18(17)27-22(29)16-10-12-25-20(13-16)23(30)28-19-9-3-6-15-7-4-11-26-21(15)19/h1-13H,(H,27,29)(H,28,30). The van der Waals surface area contributed by atoms with E-state index >= 15 is 0 Å². The molecule has 30 heavy (non-hydrogen) atoms. The van der Waals surface area contributed by atoms with Crippen LogP contribution in [0.2, 0.25) is 0 Å². The number of anilines is 2. The number of pyridine rings is 2. The van der Waals surface area contributed by atoms with Crippen LogP contribution in [0, 0.1) is 11.3 Å². The van der Waals surface area contributed by atoms with Crippen LogP contribution in [0.15, 0.2) is 79.1 Å². The maximum atomic E-state index is 12.7. The Bertz CT molecular complexity index is 1300. The predicted molar refractivity (Wildman–Crippen MR) is 113 cm³/mol. The zero-order chi connectivity index (χ0) is 20.9. The van der Waals surface area contributed by atoms with E-state index in [0.717, 1.165) is 5.39 Å². The van der Waals surface area contributed by atoms with Crippen LogP contribution in [0.3, 0.4) is 0 Å². The van der Waals surface area contributed by atoms with Gasteiger partial charge in [-0.05, 0) is 36.4 Å². The summed E-state index contributed by atoms with van der Waals surface area (Å²) < 4.78 is 0. The Hall–Kier alpha value is -4.57. The van der Waals surface area contributed by atoms with Crippen LogP contribution in [0.4, 0.5) is 11.4 Å². The summed E-state index contributed by atoms with van der Waals surface area (Å²) in [5, 5.41) is 15.5. The Morgan fingerprint density at radius 2 is 1.57 bits per heavy atom. The van der Waals surface area contributed by atoms with Gasteiger partial charge in [-0.25, -0.2) is 0 Å². The van der Waals surface area contributed by atoms with Crippen LogP contribution in [0.5, 0.6) is 0 Å². The van der Waals surface area contributed by atoms with E-state index in [1.54, 1.807) is 36.5 Å². The van der Waals surface area contributed by atoms with E-state index < -0.39 is 11.8 Å². The Morgan fingerprint density at radius 3 is 2.43 bits per heavy atom. The molecule has 0 aliphatic heterocycles. The molecule has 2 heterocycles. The number of para-hydroxylation sites is 2. The Kier molecular flexibility index (Phi) is 5.14. The minimum Gasteiger partial charge on any atom is -0.321 e. The van der Waals surface area contributed by atoms with E-state index in [1.165, 1.54) is 18.3 Å². The van der Waals surface area contributed by atoms with Crippen LogP contribution in [0.1, 0.15) is 26.4 Å². The molecule has 0 spiro atoms. The number of hydrogen-bond acceptors (Lipinski definition) is 5. The Morgan fingerprint density at radius 1 is 0.800 bits per heavy atom. The van der Waals surface area contributed by atoms with Gasteiger partial charge in [0.15, 0.2) is 0 Å². The second-order valence-corrected chi connectivity index (χ2v) is 6.38. The summed E-state index contributed by atoms with van der Waals surface area (Å²) in [7, 11) is 0. The lowest BCUT2D eigenvalue weighted by Gasteiger charge is -2.09. The van der Waals surface area contributed by atoms with Gasteiger partial charge in [0.2, 0.25) is 0 Å². The number of carbonyl (C=O) groups is 2. The summed E-state index contributed by atoms with van der Waals surface area (Å²) in [5.41, 5.74) is 2.30. The number of rotatable bonds is 4. The van der Waals surface area contributed by atoms with Crippen LogP contribution >= 0.6 is 0 Å². The lowest BCUT2D eigenvalue weighted by atomic mass is 10.1. The quantitative estimate of drug-likeness (QED) is 0.545. The van der Waals surface area contributed by atoms with Crippen molar-refractivity contribution in [3.8, 4) is 6.07 Å². The van der Waals surface area contributed by atoms with Gasteiger partial charge in [0.05, 0.1) is 22.5 Å². The van der Waals surface area contributed by atoms with Crippen molar-refractivity contribution in [1.29, 1.82) is 5.26 Å². The van der Waals surface area contributed by atoms with Crippen LogP contribution < -0.4 is 10.6 Å². The predicted octanol–water partition coefficient (Wildman–Crippen LogP) is 4.01. The molecule has 0 aliphatic carbocycles. The van der Waals surface area contributed by atoms with Crippen molar-refractivity contribution in [2.45, 2.75) is 0 Å². The number of hydrogen-bond donors (Lipinski definition) is 2. The highest BCUT2D eigenvalue weighted by molar-refractivity contribution is 6.10. The van der Waals surface area contributed by atoms with Gasteiger partial charge in [-0.15, -0.1) is 0 Å². The number of carbonyl (C=O) groups excluding carboxylic acids is 2. The zero-order valence-electron chi connectivity index (χ0n) is 15.7. The first-order chi connectivity index (χ1) is 14.7. The van der Waals surface area contributed by atoms with E-state index in [0.29, 0.717) is 22.5 Å². The summed E-state index contributed by atoms with van der Waals surface area (Å²) >= 11 is 0. The number of nitriles is 1. The second kappa shape index (κ2) is 8.20. The SMILES string of the molecule is N#Cc1ccccc1NC(=O)c1ccnc(C(=O)Nc2cccc3cccnc23)c1. The van der Waals surface area contributed by atoms with Crippen LogP contribution in [-0.4, -0.2) is 21.8 Å². The first kappa shape index (κ1) is 18.8. The highest BCUT2D eigenvalue weighted by Gasteiger charge is 2.14. The molecule has 2 aromatic carbocycles. The van der Waals surface area contributed by atoms with Gasteiger partial charge in [-0.2, -0.15) is 5.26 Å². The molecule has 2 N–H and O–H groups in total. The molecule has 0 atom stereocenters. The maximum absolute atomic E-state index is 12.7. The van der Waals surface area contributed by atoms with Gasteiger partial charge in [0.25, 0.3) is 11.8 Å². The van der Waals surface area contributed by atoms with Crippen molar-refractivity contribution in [2.24, 2.45) is 0 Å². The fourth-order valence-corrected chi connectivity index (χ4v) is 2.97. The number of fused-ring (bicyclic) bond motifs is 1. The molecule has 7 heteroatoms. The van der Waals surface area contributed by atoms with E-state index in [4.69, 9.17) is 5.26 Å². The number of benzene rings is 2. The highest BCUT2D eigenvalue weighted by atomic mass is 16.2. The average molecular weight is 393 g/mol. The fraction of sp³-hybridized carbons (Fsp3) is 0. The molecule has 7 nitrogen and oxygen atoms in total. The molecule has 2 aromatic heterocycles. The van der Waals surface area contributed by atoms with Gasteiger partial charge in [0.1, 0.15) is 11.8 Å². The number of amides is 2. The van der Waals surface area contributed by atoms with Gasteiger partial charge in [-0.3, -0.25) is 19.6 Å². The number of nitrogens with zero attached hydrogens (tertiary/aromatic N) is 3. The van der Waals surface area contributed by atoms with Gasteiger partial charge < -0.3 is 10.6 Å². The molecule has 0 unspecified atom stereocenters. The van der Waals surface area contributed by atoms with Gasteiger partial charge >= 0.3 is 0 Å². The molecule has 0 bridgehead atoms. The van der Waals surface area contributed by atoms with E-state index in [2.05, 4.69) is 20.6 Å². The third-order valence-corrected chi connectivity index (χ3v) is 4.43. The first-order valence-electron chi connectivity index (χ1n) is 9.07. The zero-order valence-corrected chi connectivity index (χ0v) is 15.7. The molecule has 0 radical (unpaired) electrons. The van der Waals surface area contributed by atoms with Crippen molar-refractivity contribution < 1.29 is 9.59 Å². The van der Waals surface area contributed by atoms with E-state index in [1.807, 2.05) is 30.3 Å². The topological polar surface area (TPSA) is 108 Å². The molecule has 2 amide bonds. The summed E-state index contributed by atoms with van der Waals surface area (Å²) in [6, 6.07) is 20.8. The summed E-state index contributed by atoms with van der Waals surface area (Å²) in [6.45, 7) is 0. The molecule has 0 aliphatic rings. The van der Waals surface area contributed by atoms with Crippen molar-refractivity contribution in [3.05, 3.63) is 95.9 Å². The van der Waals surface area contributed by atoms with Gasteiger partial charge in [-0.1, -0.05) is 30.3 Å². The van der Waals surface area contributed by atoms with Crippen molar-refractivity contribution in [2.75, 3.05) is 10.6 Å². The minimum absolute atomic E-state index is 0.0872. The highest BCUT2D eigenvalue weighted by Crippen LogP contribution is 2.21. The molecule has 0 fully saturated rings. The maximum Gasteiger partial charge on any atom is 0.274 e. The summed E-state index contributed by atoms with van der Waals surface area (Å²) in [6.07, 6.45) is 3.04. The molecule has 4 rings (SSSR count). The third kappa shape index (κ3) is 3.84. The van der Waals surface area contributed by atoms with E-state index in [-0.39, 0.29) is 11.3 Å². The molecular formula is C23H15N5O2. The first-order valence-corrected chi connectivity index (χ1v) is 9.07. The Balaban J connectivity index is 1.56. The average Bonchev–Trinajstić information content (AvgIpc) is 2.79. The monoisotopic (exact) mass is 393 g/mol.